The Morgan fingerprint density at radius 3 is 2.12 bits per heavy atom. The largest absolute Gasteiger partial charge is 0.481 e. The molecule has 2 fully saturated rings. The van der Waals surface area contributed by atoms with Crippen LogP contribution >= 0.6 is 0 Å². The van der Waals surface area contributed by atoms with Gasteiger partial charge >= 0.3 is 5.97 Å². The smallest absolute Gasteiger partial charge is 0.308 e. The van der Waals surface area contributed by atoms with Gasteiger partial charge < -0.3 is 10.4 Å². The van der Waals surface area contributed by atoms with Gasteiger partial charge in [0, 0.05) is 12.1 Å². The zero-order chi connectivity index (χ0) is 12.1. The van der Waals surface area contributed by atoms with Gasteiger partial charge in [-0.2, -0.15) is 0 Å². The Bertz CT molecular complexity index is 247. The zero-order valence-electron chi connectivity index (χ0n) is 10.7. The molecule has 0 heterocycles. The number of carboxylic acid groups (broad SMARTS) is 1. The van der Waals surface area contributed by atoms with Crippen LogP contribution in [-0.2, 0) is 4.79 Å². The highest BCUT2D eigenvalue weighted by Crippen LogP contribution is 2.27. The molecule has 98 valence electrons. The lowest BCUT2D eigenvalue weighted by atomic mass is 9.84. The summed E-state index contributed by atoms with van der Waals surface area (Å²) < 4.78 is 0. The fraction of sp³-hybridized carbons (Fsp3) is 0.929. The van der Waals surface area contributed by atoms with Gasteiger partial charge in [-0.15, -0.1) is 0 Å². The highest BCUT2D eigenvalue weighted by Gasteiger charge is 2.31. The molecule has 0 saturated heterocycles. The van der Waals surface area contributed by atoms with Crippen molar-refractivity contribution >= 4 is 5.97 Å². The SMILES string of the molecule is O=C(O)C1CCCCC1NC1CCCCCC1. The van der Waals surface area contributed by atoms with Gasteiger partial charge in [-0.3, -0.25) is 4.79 Å². The number of carbonyl (C=O) groups is 1. The standard InChI is InChI=1S/C14H25NO2/c16-14(17)12-9-5-6-10-13(12)15-11-7-3-1-2-4-8-11/h11-13,15H,1-10H2,(H,16,17). The molecule has 2 aliphatic rings. The molecule has 2 N–H and O–H groups in total. The van der Waals surface area contributed by atoms with Crippen molar-refractivity contribution in [1.29, 1.82) is 0 Å². The first kappa shape index (κ1) is 12.9. The van der Waals surface area contributed by atoms with Crippen LogP contribution in [0, 0.1) is 5.92 Å². The molecule has 2 aliphatic carbocycles. The molecule has 2 unspecified atom stereocenters. The Kier molecular flexibility index (Phi) is 4.84. The van der Waals surface area contributed by atoms with Gasteiger partial charge in [0.05, 0.1) is 5.92 Å². The Labute approximate surface area is 104 Å². The van der Waals surface area contributed by atoms with E-state index < -0.39 is 5.97 Å². The van der Waals surface area contributed by atoms with Crippen molar-refractivity contribution in [2.45, 2.75) is 76.3 Å². The van der Waals surface area contributed by atoms with Crippen LogP contribution in [0.15, 0.2) is 0 Å². The minimum atomic E-state index is -0.601. The summed E-state index contributed by atoms with van der Waals surface area (Å²) in [4.78, 5) is 11.2. The van der Waals surface area contributed by atoms with Gasteiger partial charge in [-0.1, -0.05) is 38.5 Å². The Morgan fingerprint density at radius 2 is 1.47 bits per heavy atom. The lowest BCUT2D eigenvalue weighted by molar-refractivity contribution is -0.143. The fourth-order valence-electron chi connectivity index (χ4n) is 3.37. The molecule has 0 aromatic heterocycles. The topological polar surface area (TPSA) is 49.3 Å². The first-order valence-electron chi connectivity index (χ1n) is 7.26. The van der Waals surface area contributed by atoms with Crippen LogP contribution in [0.4, 0.5) is 0 Å². The maximum atomic E-state index is 11.2. The van der Waals surface area contributed by atoms with Crippen LogP contribution in [-0.4, -0.2) is 23.2 Å². The van der Waals surface area contributed by atoms with E-state index >= 15 is 0 Å². The number of hydrogen-bond donors (Lipinski definition) is 2. The molecule has 0 aromatic rings. The molecule has 0 aromatic carbocycles. The van der Waals surface area contributed by atoms with E-state index in [-0.39, 0.29) is 12.0 Å². The van der Waals surface area contributed by atoms with Gasteiger partial charge in [0.1, 0.15) is 0 Å². The van der Waals surface area contributed by atoms with Crippen LogP contribution in [0.1, 0.15) is 64.2 Å². The normalized spacial score (nSPS) is 32.0. The van der Waals surface area contributed by atoms with E-state index in [0.29, 0.717) is 6.04 Å². The van der Waals surface area contributed by atoms with Crippen LogP contribution in [0.5, 0.6) is 0 Å². The van der Waals surface area contributed by atoms with Gasteiger partial charge in [-0.25, -0.2) is 0 Å². The molecule has 3 heteroatoms. The van der Waals surface area contributed by atoms with Crippen LogP contribution < -0.4 is 5.32 Å². The monoisotopic (exact) mass is 239 g/mol. The number of aliphatic carboxylic acids is 1. The van der Waals surface area contributed by atoms with E-state index in [0.717, 1.165) is 19.3 Å². The second-order valence-corrected chi connectivity index (χ2v) is 5.69. The molecule has 0 radical (unpaired) electrons. The summed E-state index contributed by atoms with van der Waals surface area (Å²) in [7, 11) is 0. The van der Waals surface area contributed by atoms with Gasteiger partial charge in [0.25, 0.3) is 0 Å². The molecular formula is C14H25NO2. The summed E-state index contributed by atoms with van der Waals surface area (Å²) in [6.45, 7) is 0. The second-order valence-electron chi connectivity index (χ2n) is 5.69. The van der Waals surface area contributed by atoms with Crippen molar-refractivity contribution in [3.8, 4) is 0 Å². The van der Waals surface area contributed by atoms with E-state index in [1.54, 1.807) is 0 Å². The Hall–Kier alpha value is -0.570. The third kappa shape index (κ3) is 3.70. The number of hydrogen-bond acceptors (Lipinski definition) is 2. The summed E-state index contributed by atoms with van der Waals surface area (Å²) in [6, 6.07) is 0.798. The van der Waals surface area contributed by atoms with Crippen LogP contribution in [0.3, 0.4) is 0 Å². The lowest BCUT2D eigenvalue weighted by Gasteiger charge is -2.32. The zero-order valence-corrected chi connectivity index (χ0v) is 10.7. The highest BCUT2D eigenvalue weighted by molar-refractivity contribution is 5.71. The van der Waals surface area contributed by atoms with E-state index in [2.05, 4.69) is 5.32 Å². The van der Waals surface area contributed by atoms with Crippen molar-refractivity contribution in [2.75, 3.05) is 0 Å². The predicted molar refractivity (Wildman–Crippen MR) is 68.0 cm³/mol. The number of rotatable bonds is 3. The average molecular weight is 239 g/mol. The average Bonchev–Trinajstić information content (AvgIpc) is 2.58. The third-order valence-corrected chi connectivity index (χ3v) is 4.39. The van der Waals surface area contributed by atoms with Crippen molar-refractivity contribution in [3.63, 3.8) is 0 Å². The molecule has 3 nitrogen and oxygen atoms in total. The van der Waals surface area contributed by atoms with E-state index in [4.69, 9.17) is 0 Å². The summed E-state index contributed by atoms with van der Waals surface area (Å²) in [5.74, 6) is -0.747. The minimum absolute atomic E-state index is 0.146. The van der Waals surface area contributed by atoms with Gasteiger partial charge in [0.2, 0.25) is 0 Å². The van der Waals surface area contributed by atoms with Gasteiger partial charge in [-0.05, 0) is 25.7 Å². The first-order chi connectivity index (χ1) is 8.27. The first-order valence-corrected chi connectivity index (χ1v) is 7.26. The van der Waals surface area contributed by atoms with E-state index in [1.807, 2.05) is 0 Å². The molecule has 2 atom stereocenters. The number of nitrogens with one attached hydrogen (secondary N) is 1. The fourth-order valence-corrected chi connectivity index (χ4v) is 3.37. The molecule has 17 heavy (non-hydrogen) atoms. The van der Waals surface area contributed by atoms with E-state index in [1.165, 1.54) is 44.9 Å². The maximum Gasteiger partial charge on any atom is 0.308 e. The van der Waals surface area contributed by atoms with Crippen LogP contribution in [0.25, 0.3) is 0 Å². The molecule has 2 saturated carbocycles. The second kappa shape index (κ2) is 6.39. The minimum Gasteiger partial charge on any atom is -0.481 e. The Balaban J connectivity index is 1.88. The lowest BCUT2D eigenvalue weighted by Crippen LogP contribution is -2.46. The van der Waals surface area contributed by atoms with Crippen molar-refractivity contribution in [1.82, 2.24) is 5.32 Å². The molecule has 0 spiro atoms. The molecule has 0 aliphatic heterocycles. The predicted octanol–water partition coefficient (Wildman–Crippen LogP) is 2.94. The molecule has 0 amide bonds. The summed E-state index contributed by atoms with van der Waals surface area (Å²) in [5.41, 5.74) is 0. The van der Waals surface area contributed by atoms with E-state index in [9.17, 15) is 9.90 Å². The van der Waals surface area contributed by atoms with Gasteiger partial charge in [0.15, 0.2) is 0 Å². The highest BCUT2D eigenvalue weighted by atomic mass is 16.4. The number of carboxylic acids is 1. The molecular weight excluding hydrogens is 214 g/mol. The summed E-state index contributed by atoms with van der Waals surface area (Å²) in [5, 5.41) is 12.9. The van der Waals surface area contributed by atoms with Crippen molar-refractivity contribution in [3.05, 3.63) is 0 Å². The van der Waals surface area contributed by atoms with Crippen molar-refractivity contribution < 1.29 is 9.90 Å². The third-order valence-electron chi connectivity index (χ3n) is 4.39. The maximum absolute atomic E-state index is 11.2. The quantitative estimate of drug-likeness (QED) is 0.744. The molecule has 2 rings (SSSR count). The van der Waals surface area contributed by atoms with Crippen LogP contribution in [0.2, 0.25) is 0 Å². The summed E-state index contributed by atoms with van der Waals surface area (Å²) in [6.07, 6.45) is 12.0. The summed E-state index contributed by atoms with van der Waals surface area (Å²) >= 11 is 0. The van der Waals surface area contributed by atoms with Crippen molar-refractivity contribution in [2.24, 2.45) is 5.92 Å². The Morgan fingerprint density at radius 1 is 0.882 bits per heavy atom. The molecule has 0 bridgehead atoms.